The number of amides is 4. The maximum Gasteiger partial charge on any atom is 0.263 e. The number of nitrogens with zero attached hydrogens (tertiary/aromatic N) is 13. The van der Waals surface area contributed by atoms with Crippen LogP contribution in [-0.4, -0.2) is 191 Å². The van der Waals surface area contributed by atoms with Gasteiger partial charge in [0, 0.05) is 171 Å². The number of anilines is 7. The Balaban J connectivity index is 0.000000218. The van der Waals surface area contributed by atoms with Crippen LogP contribution in [0.3, 0.4) is 0 Å². The SMILES string of the molecule is CC(C)Cc1ccc(C(C)C(=O)N2CCN(c3ccc(S(=O)[O-])cc3)CC2)cc1.C[C@@H](c1ccc(F)cc1)N1CCN([C@H]2CCN(c3ccc(S(=O)[O-])cc3)C2=O)CC1.C[C@H](C(=O)N1CCCC1c1ccc(S(=O)(=O)Nc2nccs2)cc1)n1ccc2c(F)cccc21.Cc1ccccc1CNC1CCN(c2ccc(S(=O)(=O)Nc3nccs3)cc2)C1=O.Nc1ccncn1.Nc1nccs1.[HH].[HH].[HH].[HH].[HH]. The fourth-order valence-corrected chi connectivity index (χ4v) is 21.3. The number of likely N-dealkylation sites (tertiary alicyclic amines) is 1. The van der Waals surface area contributed by atoms with Crippen LogP contribution in [0.5, 0.6) is 0 Å². The number of aryl methyl sites for hydroxylation is 1. The standard InChI is InChI=1S/C24H23FN4O3S2.C23H30N2O3S.C22H26FN3O3S.C21H22N4O3S2.C4H5N3.C3H4N2S.5H2/c1-16(28-14-11-19-20(25)4-2-5-22(19)28)23(30)29-13-3-6-21(29)17-7-9-18(10-8-17)34(31,32)27-24-26-12-15-33-24;1-17(2)16-19-4-6-20(7-5-19)18(3)23(26)25-14-12-24(13-15-25)21-8-10-22(11-9-21)29(27)28;1-16(17-2-4-18(23)5-3-17)24-12-14-25(15-13-24)21-10-11-26(22(21)27)19-6-8-20(9-7-19)30(28)29;1-15-4-2-3-5-16(15)14-23-19-10-12-25(20(19)26)17-6-8-18(9-7-17)30(27,28)24-21-22-11-13-29-21;5-4-1-2-6-3-7-4;4-3-5-1-2-6-3;;;;;/h2,4-5,7-12,14-16,21H,3,6,13H2,1H3,(H,26,27);4-11,17-18H,12-16H2,1-3H3,(H,27,28);2-9,16,21H,10-15H2,1H3,(H,28,29);2-9,11,13,19,23H,10,12,14H2,1H3,(H,22,24);1-3H,(H2,5,6,7);1-2H,(H2,4,5);5*1H/p-2/t16-,21?;;16-,21-;;;;;;;;/m1.0......../s1. The van der Waals surface area contributed by atoms with Crippen LogP contribution in [0.1, 0.15) is 125 Å². The van der Waals surface area contributed by atoms with E-state index >= 15 is 0 Å². The fraction of sp³-hybridized carbons (Fsp3) is 0.309. The number of aromatic nitrogens is 6. The van der Waals surface area contributed by atoms with Crippen LogP contribution in [-0.2, 0) is 74.4 Å². The number of rotatable bonds is 24. The van der Waals surface area contributed by atoms with E-state index in [0.717, 1.165) is 93.0 Å². The number of nitrogen functional groups attached to an aromatic ring is 2. The van der Waals surface area contributed by atoms with Crippen molar-refractivity contribution in [1.29, 1.82) is 0 Å². The maximum atomic E-state index is 14.1. The van der Waals surface area contributed by atoms with Gasteiger partial charge in [0.2, 0.25) is 23.6 Å². The number of nitrogens with two attached hydrogens (primary N) is 2. The van der Waals surface area contributed by atoms with Crippen LogP contribution >= 0.6 is 34.0 Å². The first-order chi connectivity index (χ1) is 65.4. The summed E-state index contributed by atoms with van der Waals surface area (Å²) in [5.41, 5.74) is 20.2. The van der Waals surface area contributed by atoms with Crippen LogP contribution < -0.4 is 40.9 Å². The molecule has 30 nitrogen and oxygen atoms in total. The highest BCUT2D eigenvalue weighted by atomic mass is 32.2. The zero-order chi connectivity index (χ0) is 96.7. The van der Waals surface area contributed by atoms with Gasteiger partial charge in [0.1, 0.15) is 29.8 Å². The van der Waals surface area contributed by atoms with Crippen molar-refractivity contribution >= 4 is 149 Å². The summed E-state index contributed by atoms with van der Waals surface area (Å²) >= 11 is -0.608. The van der Waals surface area contributed by atoms with E-state index in [4.69, 9.17) is 11.5 Å². The molecular weight excluding hydrogens is 1870 g/mol. The predicted molar refractivity (Wildman–Crippen MR) is 540 cm³/mol. The third-order valence-electron chi connectivity index (χ3n) is 24.1. The summed E-state index contributed by atoms with van der Waals surface area (Å²) in [6, 6.07) is 56.8. The summed E-state index contributed by atoms with van der Waals surface area (Å²) in [6.45, 7) is 21.0. The van der Waals surface area contributed by atoms with Crippen molar-refractivity contribution < 1.29 is 69.5 Å². The van der Waals surface area contributed by atoms with Gasteiger partial charge in [-0.25, -0.2) is 50.5 Å². The zero-order valence-corrected chi connectivity index (χ0v) is 81.5. The predicted octanol–water partition coefficient (Wildman–Crippen LogP) is 16.2. The summed E-state index contributed by atoms with van der Waals surface area (Å²) in [5, 5.41) is 10.3. The Kier molecular flexibility index (Phi) is 35.5. The summed E-state index contributed by atoms with van der Waals surface area (Å²) in [4.78, 5) is 86.0. The molecule has 39 heteroatoms. The van der Waals surface area contributed by atoms with Gasteiger partial charge in [0.15, 0.2) is 15.4 Å². The highest BCUT2D eigenvalue weighted by Crippen LogP contribution is 2.37. The Morgan fingerprint density at radius 2 is 1.12 bits per heavy atom. The molecule has 4 amide bonds. The van der Waals surface area contributed by atoms with Gasteiger partial charge in [-0.15, -0.1) is 34.0 Å². The molecule has 13 aromatic rings. The number of nitrogens with one attached hydrogen (secondary N) is 3. The number of hydrogen-bond donors (Lipinski definition) is 5. The van der Waals surface area contributed by atoms with Gasteiger partial charge in [-0.3, -0.25) is 46.8 Å². The van der Waals surface area contributed by atoms with E-state index in [1.807, 2.05) is 71.5 Å². The molecule has 0 aliphatic carbocycles. The number of halogens is 2. The largest absolute Gasteiger partial charge is 0.768 e. The Bertz CT molecular complexity index is 6410. The van der Waals surface area contributed by atoms with Crippen molar-refractivity contribution in [2.45, 2.75) is 136 Å². The zero-order valence-electron chi connectivity index (χ0n) is 75.8. The third-order valence-corrected chi connectivity index (χ3v) is 30.4. The van der Waals surface area contributed by atoms with Gasteiger partial charge in [-0.1, -0.05) is 92.7 Å². The summed E-state index contributed by atoms with van der Waals surface area (Å²) in [6.07, 6.45) is 13.7. The quantitative estimate of drug-likeness (QED) is 0.0351. The van der Waals surface area contributed by atoms with Crippen LogP contribution in [0.25, 0.3) is 10.9 Å². The monoisotopic (exact) mass is 1990 g/mol. The summed E-state index contributed by atoms with van der Waals surface area (Å²) < 4.78 is 128. The molecule has 0 saturated carbocycles. The first kappa shape index (κ1) is 101. The van der Waals surface area contributed by atoms with Crippen molar-refractivity contribution in [2.24, 2.45) is 5.92 Å². The molecule has 0 radical (unpaired) electrons. The average Bonchev–Trinajstić information content (AvgIpc) is 1.64. The molecule has 0 spiro atoms. The Morgan fingerprint density at radius 1 is 0.559 bits per heavy atom. The topological polar surface area (TPSA) is 397 Å². The number of sulfonamides is 2. The number of benzene rings is 8. The van der Waals surface area contributed by atoms with Crippen molar-refractivity contribution in [3.05, 3.63) is 299 Å². The minimum absolute atomic E-state index is 0. The Morgan fingerprint density at radius 3 is 1.66 bits per heavy atom. The van der Waals surface area contributed by atoms with Crippen molar-refractivity contribution in [2.75, 3.05) is 108 Å². The van der Waals surface area contributed by atoms with Gasteiger partial charge in [-0.2, -0.15) is 0 Å². The van der Waals surface area contributed by atoms with Gasteiger partial charge in [0.25, 0.3) is 20.0 Å². The molecule has 5 aliphatic rings. The van der Waals surface area contributed by atoms with Crippen LogP contribution in [0, 0.1) is 24.5 Å². The molecule has 136 heavy (non-hydrogen) atoms. The van der Waals surface area contributed by atoms with Crippen molar-refractivity contribution in [3.63, 3.8) is 0 Å². The van der Waals surface area contributed by atoms with Crippen LogP contribution in [0.15, 0.2) is 273 Å². The van der Waals surface area contributed by atoms with Crippen LogP contribution in [0.4, 0.5) is 47.1 Å². The number of hydrogen-bond acceptors (Lipinski definition) is 26. The van der Waals surface area contributed by atoms with Crippen molar-refractivity contribution in [3.8, 4) is 0 Å². The summed E-state index contributed by atoms with van der Waals surface area (Å²) in [5.74, 6) is 0.632. The lowest BCUT2D eigenvalue weighted by Gasteiger charge is -2.40. The molecule has 8 atom stereocenters. The molecule has 5 unspecified atom stereocenters. The van der Waals surface area contributed by atoms with E-state index in [1.54, 1.807) is 123 Å². The Hall–Kier alpha value is -12.0. The number of fused-ring (bicyclic) bond motifs is 1. The maximum absolute atomic E-state index is 14.1. The molecule has 8 aromatic carbocycles. The number of carbonyl (C=O) groups is 4. The second-order valence-electron chi connectivity index (χ2n) is 33.3. The number of piperazine rings is 2. The van der Waals surface area contributed by atoms with E-state index in [-0.39, 0.29) is 92.1 Å². The minimum Gasteiger partial charge on any atom is -0.768 e. The van der Waals surface area contributed by atoms with E-state index < -0.39 is 48.2 Å². The molecule has 5 aromatic heterocycles. The first-order valence-corrected chi connectivity index (χ1v) is 52.0. The fourth-order valence-electron chi connectivity index (χ4n) is 16.7. The third kappa shape index (κ3) is 26.8. The molecular formula is C97H118F2N18O12S7-2. The lowest BCUT2D eigenvalue weighted by molar-refractivity contribution is -0.135. The molecule has 10 heterocycles. The molecule has 18 rings (SSSR count). The Labute approximate surface area is 815 Å². The number of carbonyl (C=O) groups excluding carboxylic acids is 4. The average molecular weight is 1990 g/mol. The van der Waals surface area contributed by atoms with Gasteiger partial charge in [0.05, 0.1) is 39.4 Å². The smallest absolute Gasteiger partial charge is 0.263 e. The van der Waals surface area contributed by atoms with E-state index in [2.05, 4.69) is 118 Å². The van der Waals surface area contributed by atoms with E-state index in [1.165, 1.54) is 112 Å². The second-order valence-corrected chi connectivity index (χ2v) is 41.2. The van der Waals surface area contributed by atoms with Crippen LogP contribution in [0.2, 0.25) is 0 Å². The van der Waals surface area contributed by atoms with Crippen molar-refractivity contribution in [1.82, 2.24) is 54.4 Å². The molecule has 5 aliphatic heterocycles. The first-order valence-electron chi connectivity index (χ1n) is 44.3. The second kappa shape index (κ2) is 47.7. The van der Waals surface area contributed by atoms with Gasteiger partial charge < -0.3 is 55.0 Å². The molecule has 7 N–H and O–H groups in total. The minimum atomic E-state index is -3.74. The molecule has 5 fully saturated rings. The summed E-state index contributed by atoms with van der Waals surface area (Å²) in [7, 11) is -7.45. The molecule has 0 bridgehead atoms. The molecule has 726 valence electrons. The lowest BCUT2D eigenvalue weighted by atomic mass is 9.95. The molecule has 5 saturated heterocycles. The highest BCUT2D eigenvalue weighted by molar-refractivity contribution is 7.93. The number of thiazole rings is 3. The highest BCUT2D eigenvalue weighted by Gasteiger charge is 2.40. The van der Waals surface area contributed by atoms with Gasteiger partial charge >= 0.3 is 0 Å². The van der Waals surface area contributed by atoms with E-state index in [9.17, 15) is 62.3 Å². The van der Waals surface area contributed by atoms with E-state index in [0.29, 0.717) is 89.4 Å². The normalized spacial score (nSPS) is 17.5. The lowest BCUT2D eigenvalue weighted by Crippen LogP contribution is -2.52. The van der Waals surface area contributed by atoms with Gasteiger partial charge in [-0.05, 0) is 243 Å².